The molecule has 2 aromatic carbocycles. The molecule has 4 fully saturated rings. The van der Waals surface area contributed by atoms with E-state index in [-0.39, 0.29) is 29.4 Å². The Morgan fingerprint density at radius 1 is 1.00 bits per heavy atom. The molecule has 4 aliphatic rings. The molecule has 0 radical (unpaired) electrons. The van der Waals surface area contributed by atoms with Crippen molar-refractivity contribution in [3.63, 3.8) is 0 Å². The summed E-state index contributed by atoms with van der Waals surface area (Å²) in [7, 11) is 0. The average Bonchev–Trinajstić information content (AvgIpc) is 3.59. The number of carbonyl (C=O) groups excluding carboxylic acids is 1. The number of rotatable bonds is 7. The Morgan fingerprint density at radius 2 is 1.73 bits per heavy atom. The lowest BCUT2D eigenvalue weighted by molar-refractivity contribution is -0.153. The molecule has 10 nitrogen and oxygen atoms in total. The third-order valence-electron chi connectivity index (χ3n) is 12.0. The summed E-state index contributed by atoms with van der Waals surface area (Å²) in [6.45, 7) is 13.6. The van der Waals surface area contributed by atoms with Crippen LogP contribution in [0.1, 0.15) is 114 Å². The summed E-state index contributed by atoms with van der Waals surface area (Å²) in [5.41, 5.74) is 3.38. The van der Waals surface area contributed by atoms with Crippen LogP contribution in [0.5, 0.6) is 5.75 Å². The molecule has 2 aromatic heterocycles. The lowest BCUT2D eigenvalue weighted by Gasteiger charge is -2.53. The molecule has 1 atom stereocenters. The molecule has 5 heterocycles. The maximum Gasteiger partial charge on any atom is 0.422 e. The largest absolute Gasteiger partial charge is 0.481 e. The lowest BCUT2D eigenvalue weighted by atomic mass is 9.72. The highest BCUT2D eigenvalue weighted by Gasteiger charge is 2.48. The summed E-state index contributed by atoms with van der Waals surface area (Å²) in [4.78, 5) is 27.2. The van der Waals surface area contributed by atoms with Crippen LogP contribution in [0.25, 0.3) is 39.0 Å². The van der Waals surface area contributed by atoms with Gasteiger partial charge in [-0.1, -0.05) is 38.0 Å². The first-order valence-electron chi connectivity index (χ1n) is 20.2. The number of nitrogens with zero attached hydrogens (tertiary/aromatic N) is 6. The summed E-state index contributed by atoms with van der Waals surface area (Å²) in [6.07, 6.45) is 8.01. The number of aromatic nitrogens is 4. The molecule has 3 aliphatic heterocycles. The third kappa shape index (κ3) is 7.55. The lowest BCUT2D eigenvalue weighted by Crippen LogP contribution is -2.62. The Kier molecular flexibility index (Phi) is 10.2. The second-order valence-electron chi connectivity index (χ2n) is 17.3. The number of hydrogen-bond donors (Lipinski definition) is 0. The van der Waals surface area contributed by atoms with Crippen molar-refractivity contribution in [1.29, 1.82) is 0 Å². The second-order valence-corrected chi connectivity index (χ2v) is 17.3. The summed E-state index contributed by atoms with van der Waals surface area (Å²) >= 11 is 0. The summed E-state index contributed by atoms with van der Waals surface area (Å²) in [5, 5.41) is 6.20. The Hall–Kier alpha value is -4.39. The van der Waals surface area contributed by atoms with Gasteiger partial charge in [0.25, 0.3) is 0 Å². The first kappa shape index (κ1) is 38.5. The topological polar surface area (TPSA) is 94.8 Å². The number of ether oxygens (including phenoxy) is 3. The molecule has 0 N–H and O–H groups in total. The van der Waals surface area contributed by atoms with E-state index in [0.29, 0.717) is 66.5 Å². The second kappa shape index (κ2) is 14.8. The predicted octanol–water partition coefficient (Wildman–Crippen LogP) is 10.1. The number of anilines is 1. The Morgan fingerprint density at radius 3 is 2.39 bits per heavy atom. The molecule has 4 aromatic rings. The first-order valence-corrected chi connectivity index (χ1v) is 20.2. The number of piperidine rings is 1. The molecule has 1 amide bonds. The van der Waals surface area contributed by atoms with E-state index in [2.05, 4.69) is 11.5 Å². The van der Waals surface area contributed by atoms with Gasteiger partial charge in [0, 0.05) is 60.5 Å². The first-order chi connectivity index (χ1) is 26.7. The summed E-state index contributed by atoms with van der Waals surface area (Å²) < 4.78 is 62.1. The summed E-state index contributed by atoms with van der Waals surface area (Å²) in [6, 6.07) is 5.96. The van der Waals surface area contributed by atoms with Crippen LogP contribution in [0.15, 0.2) is 31.0 Å². The molecule has 56 heavy (non-hydrogen) atoms. The van der Waals surface area contributed by atoms with Crippen molar-refractivity contribution in [1.82, 2.24) is 24.6 Å². The molecule has 300 valence electrons. The van der Waals surface area contributed by atoms with Crippen molar-refractivity contribution in [3.8, 4) is 16.9 Å². The number of aryl methyl sites for hydroxylation is 1. The van der Waals surface area contributed by atoms with E-state index in [0.717, 1.165) is 86.2 Å². The van der Waals surface area contributed by atoms with E-state index < -0.39 is 18.4 Å². The maximum absolute atomic E-state index is 14.2. The van der Waals surface area contributed by atoms with E-state index in [1.54, 1.807) is 17.2 Å². The minimum Gasteiger partial charge on any atom is -0.481 e. The molecular formula is C43H53F3N6O4. The monoisotopic (exact) mass is 774 g/mol. The van der Waals surface area contributed by atoms with Gasteiger partial charge in [0.05, 0.1) is 11.7 Å². The van der Waals surface area contributed by atoms with E-state index in [1.807, 2.05) is 50.6 Å². The van der Waals surface area contributed by atoms with Crippen LogP contribution in [0, 0.1) is 12.3 Å². The molecule has 1 unspecified atom stereocenters. The molecule has 13 heteroatoms. The van der Waals surface area contributed by atoms with Gasteiger partial charge < -0.3 is 24.0 Å². The van der Waals surface area contributed by atoms with Crippen molar-refractivity contribution in [2.24, 2.45) is 5.41 Å². The minimum atomic E-state index is -4.59. The Bertz CT molecular complexity index is 2110. The standard InChI is InChI=1S/C43H53F3N6O4/c1-6-28-22-30-36(37(55-26-43(44,45)46)35(28)34-27(2)15-16-32-31(34)23-47-52(32)33-14-10-11-21-54-33)48-38(29-12-8-7-9-13-29)49-39(30)50-19-17-42(18-20-50)24-51(25-42)40(53)56-41(3,4)5/h6,15-16,22-23,29,33H,1,7-14,17-21,24-26H2,2-5H3. The van der Waals surface area contributed by atoms with Crippen LogP contribution in [0.4, 0.5) is 23.8 Å². The van der Waals surface area contributed by atoms with Gasteiger partial charge in [0.2, 0.25) is 0 Å². The fraction of sp³-hybridized carbons (Fsp3) is 0.581. The van der Waals surface area contributed by atoms with E-state index in [9.17, 15) is 18.0 Å². The van der Waals surface area contributed by atoms with Gasteiger partial charge in [-0.2, -0.15) is 18.3 Å². The van der Waals surface area contributed by atoms with Gasteiger partial charge in [-0.3, -0.25) is 0 Å². The van der Waals surface area contributed by atoms with Gasteiger partial charge in [0.15, 0.2) is 18.6 Å². The highest BCUT2D eigenvalue weighted by molar-refractivity contribution is 6.07. The highest BCUT2D eigenvalue weighted by atomic mass is 19.4. The van der Waals surface area contributed by atoms with Gasteiger partial charge in [-0.05, 0) is 101 Å². The van der Waals surface area contributed by atoms with Crippen molar-refractivity contribution < 1.29 is 32.2 Å². The molecule has 1 spiro atoms. The zero-order valence-electron chi connectivity index (χ0n) is 33.0. The fourth-order valence-corrected chi connectivity index (χ4v) is 9.19. The van der Waals surface area contributed by atoms with E-state index in [1.165, 1.54) is 0 Å². The quantitative estimate of drug-likeness (QED) is 0.183. The number of carbonyl (C=O) groups is 1. The molecule has 1 saturated carbocycles. The number of benzene rings is 2. The van der Waals surface area contributed by atoms with Crippen molar-refractivity contribution in [2.45, 2.75) is 116 Å². The number of halogens is 3. The average molecular weight is 775 g/mol. The van der Waals surface area contributed by atoms with Crippen LogP contribution < -0.4 is 9.64 Å². The third-order valence-corrected chi connectivity index (χ3v) is 12.0. The van der Waals surface area contributed by atoms with Crippen LogP contribution in [-0.4, -0.2) is 81.9 Å². The Balaban J connectivity index is 1.25. The van der Waals surface area contributed by atoms with Gasteiger partial charge in [-0.25, -0.2) is 19.4 Å². The molecule has 8 rings (SSSR count). The van der Waals surface area contributed by atoms with E-state index in [4.69, 9.17) is 29.3 Å². The van der Waals surface area contributed by atoms with Gasteiger partial charge in [0.1, 0.15) is 22.8 Å². The van der Waals surface area contributed by atoms with Crippen molar-refractivity contribution >= 4 is 39.8 Å². The fourth-order valence-electron chi connectivity index (χ4n) is 9.19. The zero-order valence-corrected chi connectivity index (χ0v) is 33.0. The number of fused-ring (bicyclic) bond motifs is 2. The molecular weight excluding hydrogens is 722 g/mol. The van der Waals surface area contributed by atoms with Crippen LogP contribution in [-0.2, 0) is 9.47 Å². The minimum absolute atomic E-state index is 0.00776. The van der Waals surface area contributed by atoms with Crippen molar-refractivity contribution in [2.75, 3.05) is 44.3 Å². The van der Waals surface area contributed by atoms with E-state index >= 15 is 0 Å². The molecule has 1 aliphatic carbocycles. The molecule has 3 saturated heterocycles. The van der Waals surface area contributed by atoms with Crippen LogP contribution in [0.3, 0.4) is 0 Å². The highest BCUT2D eigenvalue weighted by Crippen LogP contribution is 2.49. The van der Waals surface area contributed by atoms with Crippen LogP contribution >= 0.6 is 0 Å². The Labute approximate surface area is 326 Å². The molecule has 0 bridgehead atoms. The predicted molar refractivity (Wildman–Crippen MR) is 211 cm³/mol. The maximum atomic E-state index is 14.2. The number of amides is 1. The van der Waals surface area contributed by atoms with Gasteiger partial charge in [-0.15, -0.1) is 0 Å². The number of alkyl halides is 3. The van der Waals surface area contributed by atoms with Crippen molar-refractivity contribution in [3.05, 3.63) is 47.9 Å². The van der Waals surface area contributed by atoms with Crippen LogP contribution in [0.2, 0.25) is 0 Å². The number of likely N-dealkylation sites (tertiary alicyclic amines) is 1. The zero-order chi connectivity index (χ0) is 39.4. The normalized spacial score (nSPS) is 20.7. The number of hydrogen-bond acceptors (Lipinski definition) is 8. The summed E-state index contributed by atoms with van der Waals surface area (Å²) in [5.74, 6) is 1.53. The smallest absolute Gasteiger partial charge is 0.422 e. The SMILES string of the molecule is C=Cc1cc2c(N3CCC4(CC3)CN(C(=O)OC(C)(C)C)C4)nc(C3CCCCC3)nc2c(OCC(F)(F)F)c1-c1c(C)ccc2c1cnn2C1CCCCO1. The van der Waals surface area contributed by atoms with Gasteiger partial charge >= 0.3 is 12.3 Å².